The number of aldehydes is 1. The third-order valence-electron chi connectivity index (χ3n) is 6.24. The number of carbonyl (C=O) groups is 1. The molecule has 0 aromatic heterocycles. The summed E-state index contributed by atoms with van der Waals surface area (Å²) in [6.07, 6.45) is -2.03. The Labute approximate surface area is 216 Å². The second-order valence-corrected chi connectivity index (χ2v) is 8.81. The molecule has 3 aromatic rings. The smallest absolute Gasteiger partial charge is 0.122 e. The number of carbonyl (C=O) groups excluding carboxylic acids is 1. The second-order valence-electron chi connectivity index (χ2n) is 8.81. The van der Waals surface area contributed by atoms with Crippen LogP contribution in [0.2, 0.25) is 0 Å². The highest BCUT2D eigenvalue weighted by Crippen LogP contribution is 2.32. The van der Waals surface area contributed by atoms with Crippen LogP contribution < -0.4 is 0 Å². The third kappa shape index (κ3) is 7.73. The predicted octanol–water partition coefficient (Wildman–Crippen LogP) is 5.41. The Hall–Kier alpha value is -3.52. The first kappa shape index (κ1) is 26.5. The first-order valence-electron chi connectivity index (χ1n) is 12.3. The Balaban J connectivity index is 1.62. The van der Waals surface area contributed by atoms with E-state index in [1.165, 1.54) is 0 Å². The van der Waals surface area contributed by atoms with Gasteiger partial charge in [-0.3, -0.25) is 0 Å². The van der Waals surface area contributed by atoms with Crippen molar-refractivity contribution in [3.05, 3.63) is 118 Å². The van der Waals surface area contributed by atoms with E-state index in [1.807, 2.05) is 91.0 Å². The predicted molar refractivity (Wildman–Crippen MR) is 138 cm³/mol. The molecule has 1 fully saturated rings. The van der Waals surface area contributed by atoms with Crippen LogP contribution in [0, 0.1) is 0 Å². The zero-order valence-electron chi connectivity index (χ0n) is 20.5. The van der Waals surface area contributed by atoms with Crippen molar-refractivity contribution in [2.24, 2.45) is 5.11 Å². The molecule has 1 saturated heterocycles. The second kappa shape index (κ2) is 14.3. The summed E-state index contributed by atoms with van der Waals surface area (Å²) >= 11 is 0. The van der Waals surface area contributed by atoms with E-state index >= 15 is 0 Å². The lowest BCUT2D eigenvalue weighted by Gasteiger charge is -2.46. The average molecular weight is 502 g/mol. The summed E-state index contributed by atoms with van der Waals surface area (Å²) in [5.41, 5.74) is 12.0. The molecule has 0 saturated carbocycles. The Morgan fingerprint density at radius 2 is 1.14 bits per heavy atom. The maximum Gasteiger partial charge on any atom is 0.122 e. The van der Waals surface area contributed by atoms with Crippen LogP contribution in [0.3, 0.4) is 0 Å². The lowest BCUT2D eigenvalue weighted by atomic mass is 9.92. The third-order valence-corrected chi connectivity index (χ3v) is 6.24. The van der Waals surface area contributed by atoms with Gasteiger partial charge in [0, 0.05) is 11.3 Å². The maximum atomic E-state index is 11.6. The first-order valence-corrected chi connectivity index (χ1v) is 12.3. The van der Waals surface area contributed by atoms with Crippen molar-refractivity contribution in [2.45, 2.75) is 56.8 Å². The number of hydrogen-bond donors (Lipinski definition) is 0. The van der Waals surface area contributed by atoms with Crippen LogP contribution in [0.25, 0.3) is 10.4 Å². The zero-order chi connectivity index (χ0) is 25.7. The molecule has 4 rings (SSSR count). The van der Waals surface area contributed by atoms with Crippen LogP contribution >= 0.6 is 0 Å². The number of azide groups is 1. The van der Waals surface area contributed by atoms with Gasteiger partial charge in [-0.15, -0.1) is 0 Å². The minimum atomic E-state index is -0.609. The zero-order valence-corrected chi connectivity index (χ0v) is 20.5. The molecule has 1 aliphatic heterocycles. The van der Waals surface area contributed by atoms with Gasteiger partial charge >= 0.3 is 0 Å². The standard InChI is InChI=1S/C29H31N3O5/c30-32-31-18-26-28(35-20-23-12-6-2-7-13-23)29(36-21-24-14-8-3-9-15-24)27(25(37-26)16-17-33)34-19-22-10-4-1-5-11-22/h1-15,17,25-29H,16,18-21H2/t25-,26-,27+,28-,29-/m1/s1. The van der Waals surface area contributed by atoms with Crippen molar-refractivity contribution in [3.63, 3.8) is 0 Å². The summed E-state index contributed by atoms with van der Waals surface area (Å²) in [6.45, 7) is 1.00. The average Bonchev–Trinajstić information content (AvgIpc) is 2.95. The topological polar surface area (TPSA) is 103 Å². The van der Waals surface area contributed by atoms with Gasteiger partial charge < -0.3 is 23.7 Å². The van der Waals surface area contributed by atoms with E-state index in [4.69, 9.17) is 24.5 Å². The number of rotatable bonds is 13. The monoisotopic (exact) mass is 501 g/mol. The summed E-state index contributed by atoms with van der Waals surface area (Å²) < 4.78 is 25.5. The molecule has 1 aliphatic rings. The molecule has 8 nitrogen and oxygen atoms in total. The van der Waals surface area contributed by atoms with E-state index in [-0.39, 0.29) is 13.0 Å². The van der Waals surface area contributed by atoms with Gasteiger partial charge in [0.15, 0.2) is 0 Å². The van der Waals surface area contributed by atoms with Crippen LogP contribution in [-0.2, 0) is 43.6 Å². The number of nitrogens with zero attached hydrogens (tertiary/aromatic N) is 3. The summed E-state index contributed by atoms with van der Waals surface area (Å²) in [5, 5.41) is 3.76. The Bertz CT molecular complexity index is 1130. The van der Waals surface area contributed by atoms with Gasteiger partial charge in [-0.25, -0.2) is 0 Å². The van der Waals surface area contributed by atoms with Crippen molar-refractivity contribution in [3.8, 4) is 0 Å². The van der Waals surface area contributed by atoms with Gasteiger partial charge in [0.1, 0.15) is 24.6 Å². The molecule has 0 bridgehead atoms. The van der Waals surface area contributed by atoms with Gasteiger partial charge in [-0.2, -0.15) is 0 Å². The number of hydrogen-bond acceptors (Lipinski definition) is 6. The highest BCUT2D eigenvalue weighted by Gasteiger charge is 2.47. The molecule has 37 heavy (non-hydrogen) atoms. The van der Waals surface area contributed by atoms with E-state index in [0.29, 0.717) is 19.8 Å². The lowest BCUT2D eigenvalue weighted by molar-refractivity contribution is -0.262. The van der Waals surface area contributed by atoms with E-state index in [0.717, 1.165) is 23.0 Å². The van der Waals surface area contributed by atoms with Crippen molar-refractivity contribution in [1.29, 1.82) is 0 Å². The van der Waals surface area contributed by atoms with E-state index in [9.17, 15) is 4.79 Å². The lowest BCUT2D eigenvalue weighted by Crippen LogP contribution is -2.60. The highest BCUT2D eigenvalue weighted by atomic mass is 16.6. The Morgan fingerprint density at radius 1 is 0.703 bits per heavy atom. The molecular formula is C29H31N3O5. The maximum absolute atomic E-state index is 11.6. The summed E-state index contributed by atoms with van der Waals surface area (Å²) in [4.78, 5) is 14.5. The van der Waals surface area contributed by atoms with Crippen molar-refractivity contribution >= 4 is 6.29 Å². The fourth-order valence-corrected chi connectivity index (χ4v) is 4.43. The molecular weight excluding hydrogens is 470 g/mol. The molecule has 8 heteroatoms. The summed E-state index contributed by atoms with van der Waals surface area (Å²) in [5.74, 6) is 0. The fourth-order valence-electron chi connectivity index (χ4n) is 4.43. The molecule has 0 unspecified atom stereocenters. The van der Waals surface area contributed by atoms with Crippen molar-refractivity contribution < 1.29 is 23.7 Å². The molecule has 0 amide bonds. The van der Waals surface area contributed by atoms with Crippen LogP contribution in [0.1, 0.15) is 23.1 Å². The molecule has 192 valence electrons. The molecule has 0 radical (unpaired) electrons. The van der Waals surface area contributed by atoms with Gasteiger partial charge in [0.05, 0.1) is 38.6 Å². The van der Waals surface area contributed by atoms with Crippen LogP contribution in [0.15, 0.2) is 96.1 Å². The van der Waals surface area contributed by atoms with Gasteiger partial charge in [-0.05, 0) is 22.2 Å². The quantitative estimate of drug-likeness (QED) is 0.135. The van der Waals surface area contributed by atoms with Crippen LogP contribution in [0.4, 0.5) is 0 Å². The molecule has 1 heterocycles. The fraction of sp³-hybridized carbons (Fsp3) is 0.345. The molecule has 0 N–H and O–H groups in total. The minimum absolute atomic E-state index is 0.0436. The first-order chi connectivity index (χ1) is 18.3. The summed E-state index contributed by atoms with van der Waals surface area (Å²) in [6, 6.07) is 29.4. The van der Waals surface area contributed by atoms with Gasteiger partial charge in [0.25, 0.3) is 0 Å². The minimum Gasteiger partial charge on any atom is -0.369 e. The Morgan fingerprint density at radius 3 is 1.57 bits per heavy atom. The normalized spacial score (nSPS) is 23.2. The van der Waals surface area contributed by atoms with E-state index < -0.39 is 30.5 Å². The largest absolute Gasteiger partial charge is 0.369 e. The van der Waals surface area contributed by atoms with Crippen molar-refractivity contribution in [2.75, 3.05) is 6.54 Å². The van der Waals surface area contributed by atoms with E-state index in [1.54, 1.807) is 0 Å². The van der Waals surface area contributed by atoms with Gasteiger partial charge in [0.2, 0.25) is 0 Å². The highest BCUT2D eigenvalue weighted by molar-refractivity contribution is 5.50. The molecule has 0 spiro atoms. The molecule has 5 atom stereocenters. The summed E-state index contributed by atoms with van der Waals surface area (Å²) in [7, 11) is 0. The van der Waals surface area contributed by atoms with Gasteiger partial charge in [-0.1, -0.05) is 96.1 Å². The van der Waals surface area contributed by atoms with Crippen LogP contribution in [0.5, 0.6) is 0 Å². The van der Waals surface area contributed by atoms with Crippen LogP contribution in [-0.4, -0.2) is 43.4 Å². The molecule has 0 aliphatic carbocycles. The number of ether oxygens (including phenoxy) is 4. The molecule has 3 aromatic carbocycles. The Kier molecular flexibility index (Phi) is 10.2. The number of benzene rings is 3. The SMILES string of the molecule is [N-]=[N+]=NC[C@H]1O[C@H](CC=O)[C@H](OCc2ccccc2)[C@@H](OCc2ccccc2)[C@@H]1OCc1ccccc1. The van der Waals surface area contributed by atoms with Crippen molar-refractivity contribution in [1.82, 2.24) is 0 Å². The van der Waals surface area contributed by atoms with E-state index in [2.05, 4.69) is 10.0 Å².